The molecule has 0 spiro atoms. The first kappa shape index (κ1) is 17.5. The van der Waals surface area contributed by atoms with Gasteiger partial charge in [-0.15, -0.1) is 0 Å². The second-order valence-electron chi connectivity index (χ2n) is 7.08. The number of carbonyl (C=O) groups excluding carboxylic acids is 2. The number of amides is 2. The van der Waals surface area contributed by atoms with E-state index in [1.165, 1.54) is 0 Å². The van der Waals surface area contributed by atoms with Crippen LogP contribution in [0.3, 0.4) is 0 Å². The van der Waals surface area contributed by atoms with Gasteiger partial charge in [0, 0.05) is 38.2 Å². The Morgan fingerprint density at radius 2 is 1.89 bits per heavy atom. The van der Waals surface area contributed by atoms with Gasteiger partial charge in [-0.1, -0.05) is 18.2 Å². The van der Waals surface area contributed by atoms with Crippen LogP contribution in [0.2, 0.25) is 0 Å². The van der Waals surface area contributed by atoms with Gasteiger partial charge in [-0.2, -0.15) is 0 Å². The molecule has 0 radical (unpaired) electrons. The summed E-state index contributed by atoms with van der Waals surface area (Å²) in [5.41, 5.74) is 2.91. The fraction of sp³-hybridized carbons (Fsp3) is 0.381. The number of hydrogen-bond acceptors (Lipinski definition) is 4. The number of fused-ring (bicyclic) bond motifs is 3. The van der Waals surface area contributed by atoms with Crippen molar-refractivity contribution in [2.75, 3.05) is 22.9 Å². The molecule has 1 fully saturated rings. The summed E-state index contributed by atoms with van der Waals surface area (Å²) in [6.45, 7) is 2.16. The Labute approximate surface area is 159 Å². The fourth-order valence-corrected chi connectivity index (χ4v) is 3.96. The SMILES string of the molecule is O=C(CCC(=O)N1C[C@H]2CCCN2c2ccccc21)NCc1ccccn1. The Morgan fingerprint density at radius 1 is 1.07 bits per heavy atom. The number of rotatable bonds is 5. The van der Waals surface area contributed by atoms with E-state index in [1.54, 1.807) is 6.20 Å². The van der Waals surface area contributed by atoms with Crippen LogP contribution in [0.5, 0.6) is 0 Å². The topological polar surface area (TPSA) is 65.5 Å². The summed E-state index contributed by atoms with van der Waals surface area (Å²) in [6.07, 6.45) is 4.39. The molecular weight excluding hydrogens is 340 g/mol. The van der Waals surface area contributed by atoms with Crippen LogP contribution in [0.4, 0.5) is 11.4 Å². The largest absolute Gasteiger partial charge is 0.365 e. The number of nitrogens with one attached hydrogen (secondary N) is 1. The fourth-order valence-electron chi connectivity index (χ4n) is 3.96. The maximum absolute atomic E-state index is 12.8. The molecule has 1 aromatic carbocycles. The monoisotopic (exact) mass is 364 g/mol. The third kappa shape index (κ3) is 3.79. The Kier molecular flexibility index (Phi) is 5.05. The van der Waals surface area contributed by atoms with Crippen molar-refractivity contribution in [1.82, 2.24) is 10.3 Å². The summed E-state index contributed by atoms with van der Waals surface area (Å²) >= 11 is 0. The lowest BCUT2D eigenvalue weighted by molar-refractivity contribution is -0.125. The zero-order valence-corrected chi connectivity index (χ0v) is 15.3. The first-order chi connectivity index (χ1) is 13.2. The van der Waals surface area contributed by atoms with Crippen molar-refractivity contribution < 1.29 is 9.59 Å². The molecule has 2 aromatic rings. The Hall–Kier alpha value is -2.89. The number of hydrogen-bond donors (Lipinski definition) is 1. The molecular formula is C21H24N4O2. The van der Waals surface area contributed by atoms with Crippen molar-refractivity contribution in [2.24, 2.45) is 0 Å². The standard InChI is InChI=1S/C21H24N4O2/c26-20(23-14-16-6-3-4-12-22-16)10-11-21(27)25-15-17-7-5-13-24(17)18-8-1-2-9-19(18)25/h1-4,6,8-9,12,17H,5,7,10-11,13-15H2,(H,23,26)/t17-/m1/s1. The molecule has 0 saturated carbocycles. The summed E-state index contributed by atoms with van der Waals surface area (Å²) in [5, 5.41) is 2.83. The van der Waals surface area contributed by atoms with Crippen LogP contribution < -0.4 is 15.1 Å². The smallest absolute Gasteiger partial charge is 0.227 e. The van der Waals surface area contributed by atoms with Crippen LogP contribution in [0.25, 0.3) is 0 Å². The van der Waals surface area contributed by atoms with Gasteiger partial charge in [0.2, 0.25) is 11.8 Å². The van der Waals surface area contributed by atoms with Crippen LogP contribution in [-0.2, 0) is 16.1 Å². The van der Waals surface area contributed by atoms with Gasteiger partial charge < -0.3 is 15.1 Å². The third-order valence-corrected chi connectivity index (χ3v) is 5.31. The maximum Gasteiger partial charge on any atom is 0.227 e. The van der Waals surface area contributed by atoms with Crippen LogP contribution in [0.1, 0.15) is 31.4 Å². The summed E-state index contributed by atoms with van der Waals surface area (Å²) < 4.78 is 0. The highest BCUT2D eigenvalue weighted by Gasteiger charge is 2.35. The first-order valence-electron chi connectivity index (χ1n) is 9.55. The lowest BCUT2D eigenvalue weighted by Crippen LogP contribution is -2.48. The highest BCUT2D eigenvalue weighted by Crippen LogP contribution is 2.39. The van der Waals surface area contributed by atoms with Crippen LogP contribution in [0.15, 0.2) is 48.7 Å². The second-order valence-corrected chi connectivity index (χ2v) is 7.08. The lowest BCUT2D eigenvalue weighted by Gasteiger charge is -2.40. The van der Waals surface area contributed by atoms with E-state index >= 15 is 0 Å². The molecule has 1 N–H and O–H groups in total. The third-order valence-electron chi connectivity index (χ3n) is 5.31. The molecule has 1 saturated heterocycles. The molecule has 0 bridgehead atoms. The van der Waals surface area contributed by atoms with E-state index in [0.29, 0.717) is 19.1 Å². The van der Waals surface area contributed by atoms with Gasteiger partial charge >= 0.3 is 0 Å². The highest BCUT2D eigenvalue weighted by atomic mass is 16.2. The highest BCUT2D eigenvalue weighted by molar-refractivity contribution is 5.99. The van der Waals surface area contributed by atoms with Crippen molar-refractivity contribution in [3.05, 3.63) is 54.4 Å². The normalized spacial score (nSPS) is 18.0. The molecule has 1 aromatic heterocycles. The molecule has 2 amide bonds. The molecule has 6 heteroatoms. The molecule has 27 heavy (non-hydrogen) atoms. The predicted molar refractivity (Wildman–Crippen MR) is 104 cm³/mol. The van der Waals surface area contributed by atoms with Crippen molar-refractivity contribution in [3.63, 3.8) is 0 Å². The van der Waals surface area contributed by atoms with Gasteiger partial charge in [0.15, 0.2) is 0 Å². The Balaban J connectivity index is 1.35. The summed E-state index contributed by atoms with van der Waals surface area (Å²) in [6, 6.07) is 14.1. The van der Waals surface area contributed by atoms with E-state index in [0.717, 1.165) is 36.5 Å². The summed E-state index contributed by atoms with van der Waals surface area (Å²) in [7, 11) is 0. The first-order valence-corrected chi connectivity index (χ1v) is 9.55. The quantitative estimate of drug-likeness (QED) is 0.885. The number of benzene rings is 1. The van der Waals surface area contributed by atoms with E-state index < -0.39 is 0 Å². The second kappa shape index (κ2) is 7.78. The van der Waals surface area contributed by atoms with Gasteiger partial charge in [0.1, 0.15) is 0 Å². The van der Waals surface area contributed by atoms with Crippen molar-refractivity contribution in [3.8, 4) is 0 Å². The lowest BCUT2D eigenvalue weighted by atomic mass is 10.1. The molecule has 1 atom stereocenters. The zero-order valence-electron chi connectivity index (χ0n) is 15.3. The number of nitrogens with zero attached hydrogens (tertiary/aromatic N) is 3. The van der Waals surface area contributed by atoms with E-state index in [1.807, 2.05) is 41.3 Å². The number of aromatic nitrogens is 1. The van der Waals surface area contributed by atoms with E-state index in [4.69, 9.17) is 0 Å². The molecule has 0 aliphatic carbocycles. The van der Waals surface area contributed by atoms with Crippen molar-refractivity contribution in [1.29, 1.82) is 0 Å². The molecule has 0 unspecified atom stereocenters. The molecule has 2 aliphatic heterocycles. The molecule has 2 aliphatic rings. The minimum absolute atomic E-state index is 0.0157. The van der Waals surface area contributed by atoms with Crippen LogP contribution in [0, 0.1) is 0 Å². The predicted octanol–water partition coefficient (Wildman–Crippen LogP) is 2.49. The van der Waals surface area contributed by atoms with Gasteiger partial charge in [0.05, 0.1) is 23.6 Å². The van der Waals surface area contributed by atoms with E-state index in [-0.39, 0.29) is 24.7 Å². The number of pyridine rings is 1. The molecule has 3 heterocycles. The Morgan fingerprint density at radius 3 is 2.70 bits per heavy atom. The van der Waals surface area contributed by atoms with Gasteiger partial charge in [-0.3, -0.25) is 14.6 Å². The number of carbonyl (C=O) groups is 2. The minimum atomic E-state index is -0.123. The Bertz CT molecular complexity index is 824. The van der Waals surface area contributed by atoms with Crippen LogP contribution >= 0.6 is 0 Å². The van der Waals surface area contributed by atoms with Gasteiger partial charge in [0.25, 0.3) is 0 Å². The number of anilines is 2. The molecule has 4 rings (SSSR count). The molecule has 6 nitrogen and oxygen atoms in total. The van der Waals surface area contributed by atoms with Crippen molar-refractivity contribution >= 4 is 23.2 Å². The van der Waals surface area contributed by atoms with Crippen LogP contribution in [-0.4, -0.2) is 35.9 Å². The molecule has 140 valence electrons. The van der Waals surface area contributed by atoms with Gasteiger partial charge in [-0.05, 0) is 37.1 Å². The van der Waals surface area contributed by atoms with E-state index in [2.05, 4.69) is 21.3 Å². The average molecular weight is 364 g/mol. The summed E-state index contributed by atoms with van der Waals surface area (Å²) in [4.78, 5) is 33.4. The average Bonchev–Trinajstić information content (AvgIpc) is 3.19. The zero-order chi connectivity index (χ0) is 18.6. The summed E-state index contributed by atoms with van der Waals surface area (Å²) in [5.74, 6) is -0.108. The van der Waals surface area contributed by atoms with E-state index in [9.17, 15) is 9.59 Å². The van der Waals surface area contributed by atoms with Gasteiger partial charge in [-0.25, -0.2) is 0 Å². The minimum Gasteiger partial charge on any atom is -0.365 e. The maximum atomic E-state index is 12.8. The van der Waals surface area contributed by atoms with Crippen molar-refractivity contribution in [2.45, 2.75) is 38.3 Å². The number of para-hydroxylation sites is 2.